The molecule has 1 aliphatic heterocycles. The predicted octanol–water partition coefficient (Wildman–Crippen LogP) is 2.73. The van der Waals surface area contributed by atoms with Crippen LogP contribution in [0.3, 0.4) is 0 Å². The third-order valence-corrected chi connectivity index (χ3v) is 5.37. The van der Waals surface area contributed by atoms with Gasteiger partial charge in [0.25, 0.3) is 5.69 Å². The molecular weight excluding hydrogens is 448 g/mol. The number of nitro groups is 1. The van der Waals surface area contributed by atoms with Crippen molar-refractivity contribution < 1.29 is 38.7 Å². The Balaban J connectivity index is 1.96. The number of carbonyl (C=O) groups excluding carboxylic acids is 3. The van der Waals surface area contributed by atoms with E-state index in [4.69, 9.17) is 21.1 Å². The summed E-state index contributed by atoms with van der Waals surface area (Å²) in [4.78, 5) is 59.5. The summed E-state index contributed by atoms with van der Waals surface area (Å²) in [6.07, 6.45) is -2.16. The Labute approximate surface area is 188 Å². The number of β-lactam (4-membered cyclic amide) rings is 1. The number of carboxylic acid groups (broad SMARTS) is 1. The van der Waals surface area contributed by atoms with Crippen molar-refractivity contribution in [1.29, 1.82) is 0 Å². The molecule has 174 valence electrons. The summed E-state index contributed by atoms with van der Waals surface area (Å²) in [5, 5.41) is 20.1. The standard InChI is InChI=1S/C20H23ClN2O9/c1-10(32-19(28)31-9-11-5-7-12(8-6-11)23(29)30)13-16(21)22(17(13)25)14(18(26)27)15(24)20(2,3)4/h5-8,10,13-14,16H,9H2,1-4H3,(H,26,27). The summed E-state index contributed by atoms with van der Waals surface area (Å²) in [5.74, 6) is -3.97. The van der Waals surface area contributed by atoms with E-state index in [1.54, 1.807) is 0 Å². The maximum Gasteiger partial charge on any atom is 0.508 e. The molecule has 1 amide bonds. The van der Waals surface area contributed by atoms with Crippen molar-refractivity contribution in [2.45, 2.75) is 51.9 Å². The Morgan fingerprint density at radius 2 is 1.81 bits per heavy atom. The molecule has 1 aliphatic rings. The number of non-ortho nitro benzene ring substituents is 1. The van der Waals surface area contributed by atoms with Gasteiger partial charge >= 0.3 is 12.1 Å². The topological polar surface area (TPSA) is 153 Å². The van der Waals surface area contributed by atoms with Gasteiger partial charge in [-0.15, -0.1) is 0 Å². The van der Waals surface area contributed by atoms with Gasteiger partial charge in [0, 0.05) is 17.5 Å². The number of halogens is 1. The van der Waals surface area contributed by atoms with Crippen LogP contribution in [-0.2, 0) is 30.5 Å². The molecule has 0 spiro atoms. The number of nitrogens with zero attached hydrogens (tertiary/aromatic N) is 2. The lowest BCUT2D eigenvalue weighted by Gasteiger charge is -2.48. The molecular formula is C20H23ClN2O9. The number of ether oxygens (including phenoxy) is 2. The molecule has 2 rings (SSSR count). The predicted molar refractivity (Wildman–Crippen MR) is 110 cm³/mol. The van der Waals surface area contributed by atoms with Gasteiger partial charge in [-0.3, -0.25) is 19.7 Å². The lowest BCUT2D eigenvalue weighted by molar-refractivity contribution is -0.384. The van der Waals surface area contributed by atoms with Crippen molar-refractivity contribution in [2.75, 3.05) is 0 Å². The van der Waals surface area contributed by atoms with Gasteiger partial charge in [-0.25, -0.2) is 9.59 Å². The minimum Gasteiger partial charge on any atom is -0.479 e. The van der Waals surface area contributed by atoms with Crippen molar-refractivity contribution in [3.63, 3.8) is 0 Å². The van der Waals surface area contributed by atoms with Gasteiger partial charge in [0.15, 0.2) is 11.8 Å². The van der Waals surface area contributed by atoms with Gasteiger partial charge in [-0.1, -0.05) is 32.4 Å². The van der Waals surface area contributed by atoms with Crippen molar-refractivity contribution >= 4 is 41.1 Å². The van der Waals surface area contributed by atoms with Crippen LogP contribution in [0.15, 0.2) is 24.3 Å². The zero-order valence-corrected chi connectivity index (χ0v) is 18.6. The lowest BCUT2D eigenvalue weighted by atomic mass is 9.82. The molecule has 1 aromatic carbocycles. The molecule has 1 heterocycles. The van der Waals surface area contributed by atoms with Crippen LogP contribution >= 0.6 is 11.6 Å². The molecule has 1 N–H and O–H groups in total. The number of aliphatic carboxylic acids is 1. The molecule has 1 aromatic rings. The Morgan fingerprint density at radius 3 is 2.25 bits per heavy atom. The highest BCUT2D eigenvalue weighted by Gasteiger charge is 2.57. The molecule has 4 unspecified atom stereocenters. The number of Topliss-reactive ketones (excluding diaryl/α,β-unsaturated/α-hetero) is 1. The maximum atomic E-state index is 12.6. The molecule has 11 nitrogen and oxygen atoms in total. The molecule has 12 heteroatoms. The van der Waals surface area contributed by atoms with E-state index in [0.717, 1.165) is 4.90 Å². The number of carbonyl (C=O) groups is 4. The molecule has 0 radical (unpaired) electrons. The third kappa shape index (κ3) is 5.34. The number of rotatable bonds is 8. The van der Waals surface area contributed by atoms with Crippen LogP contribution in [0.5, 0.6) is 0 Å². The zero-order valence-electron chi connectivity index (χ0n) is 17.8. The molecule has 4 atom stereocenters. The average molecular weight is 471 g/mol. The molecule has 0 saturated carbocycles. The Bertz CT molecular complexity index is 926. The van der Waals surface area contributed by atoms with Crippen molar-refractivity contribution in [1.82, 2.24) is 4.90 Å². The summed E-state index contributed by atoms with van der Waals surface area (Å²) < 4.78 is 10.00. The number of benzene rings is 1. The van der Waals surface area contributed by atoms with E-state index in [0.29, 0.717) is 5.56 Å². The number of ketones is 1. The number of carboxylic acids is 1. The first-order valence-electron chi connectivity index (χ1n) is 9.55. The van der Waals surface area contributed by atoms with Crippen LogP contribution in [0.25, 0.3) is 0 Å². The van der Waals surface area contributed by atoms with Crippen LogP contribution < -0.4 is 0 Å². The van der Waals surface area contributed by atoms with Gasteiger partial charge < -0.3 is 19.5 Å². The summed E-state index contributed by atoms with van der Waals surface area (Å²) in [7, 11) is 0. The number of likely N-dealkylation sites (tertiary alicyclic amines) is 1. The van der Waals surface area contributed by atoms with Crippen LogP contribution in [0.4, 0.5) is 10.5 Å². The number of amides is 1. The second kappa shape index (κ2) is 9.51. The molecule has 1 fully saturated rings. The van der Waals surface area contributed by atoms with Crippen molar-refractivity contribution in [3.05, 3.63) is 39.9 Å². The Morgan fingerprint density at radius 1 is 1.25 bits per heavy atom. The van der Waals surface area contributed by atoms with Gasteiger partial charge in [-0.05, 0) is 24.6 Å². The molecule has 32 heavy (non-hydrogen) atoms. The van der Waals surface area contributed by atoms with Crippen molar-refractivity contribution in [3.8, 4) is 0 Å². The zero-order chi connectivity index (χ0) is 24.4. The van der Waals surface area contributed by atoms with E-state index >= 15 is 0 Å². The monoisotopic (exact) mass is 470 g/mol. The van der Waals surface area contributed by atoms with E-state index in [2.05, 4.69) is 0 Å². The van der Waals surface area contributed by atoms with E-state index in [1.807, 2.05) is 0 Å². The Hall–Kier alpha value is -3.21. The second-order valence-electron chi connectivity index (χ2n) is 8.28. The molecule has 0 bridgehead atoms. The normalized spacial score (nSPS) is 20.0. The first-order valence-corrected chi connectivity index (χ1v) is 9.99. The third-order valence-electron chi connectivity index (χ3n) is 4.89. The van der Waals surface area contributed by atoms with E-state index < -0.39 is 57.7 Å². The second-order valence-corrected chi connectivity index (χ2v) is 8.73. The van der Waals surface area contributed by atoms with Gasteiger partial charge in [0.05, 0.1) is 4.92 Å². The number of nitro benzene ring substituents is 1. The fourth-order valence-corrected chi connectivity index (χ4v) is 3.60. The van der Waals surface area contributed by atoms with E-state index in [1.165, 1.54) is 52.0 Å². The highest BCUT2D eigenvalue weighted by Crippen LogP contribution is 2.37. The maximum absolute atomic E-state index is 12.6. The SMILES string of the molecule is CC(OC(=O)OCc1ccc([N+](=O)[O-])cc1)C1C(=O)N(C(C(=O)O)C(=O)C(C)(C)C)C1Cl. The van der Waals surface area contributed by atoms with E-state index in [9.17, 15) is 34.4 Å². The highest BCUT2D eigenvalue weighted by atomic mass is 35.5. The summed E-state index contributed by atoms with van der Waals surface area (Å²) in [6.45, 7) is 5.76. The summed E-state index contributed by atoms with van der Waals surface area (Å²) in [6, 6.07) is 3.58. The number of hydrogen-bond acceptors (Lipinski definition) is 8. The molecule has 1 saturated heterocycles. The molecule has 0 aromatic heterocycles. The Kier molecular flexibility index (Phi) is 7.45. The summed E-state index contributed by atoms with van der Waals surface area (Å²) in [5.41, 5.74) is -1.83. The highest BCUT2D eigenvalue weighted by molar-refractivity contribution is 6.26. The van der Waals surface area contributed by atoms with Crippen LogP contribution in [0.2, 0.25) is 0 Å². The average Bonchev–Trinajstić information content (AvgIpc) is 2.69. The van der Waals surface area contributed by atoms with Crippen LogP contribution in [0.1, 0.15) is 33.3 Å². The number of alkyl halides is 1. The van der Waals surface area contributed by atoms with E-state index in [-0.39, 0.29) is 12.3 Å². The van der Waals surface area contributed by atoms with Crippen LogP contribution in [0, 0.1) is 21.4 Å². The minimum absolute atomic E-state index is 0.115. The first kappa shape index (κ1) is 25.1. The smallest absolute Gasteiger partial charge is 0.479 e. The minimum atomic E-state index is -1.75. The van der Waals surface area contributed by atoms with Crippen molar-refractivity contribution in [2.24, 2.45) is 11.3 Å². The van der Waals surface area contributed by atoms with Gasteiger partial charge in [-0.2, -0.15) is 0 Å². The quantitative estimate of drug-likeness (QED) is 0.115. The van der Waals surface area contributed by atoms with Gasteiger partial charge in [0.1, 0.15) is 24.1 Å². The largest absolute Gasteiger partial charge is 0.508 e. The lowest BCUT2D eigenvalue weighted by Crippen LogP contribution is -2.69. The molecule has 0 aliphatic carbocycles. The first-order chi connectivity index (χ1) is 14.8. The number of hydrogen-bond donors (Lipinski definition) is 1. The summed E-state index contributed by atoms with van der Waals surface area (Å²) >= 11 is 6.20. The van der Waals surface area contributed by atoms with Crippen LogP contribution in [-0.4, -0.2) is 56.4 Å². The van der Waals surface area contributed by atoms with Gasteiger partial charge in [0.2, 0.25) is 5.91 Å². The fourth-order valence-electron chi connectivity index (χ4n) is 3.08. The fraction of sp³-hybridized carbons (Fsp3) is 0.500.